The number of benzene rings is 1. The number of carbonyl (C=O) groups is 1. The Balaban J connectivity index is 2.26. The molecular weight excluding hydrogens is 252 g/mol. The topological polar surface area (TPSA) is 41.6 Å². The van der Waals surface area contributed by atoms with Crippen LogP contribution in [-0.4, -0.2) is 43.1 Å². The maximum atomic E-state index is 11.8. The molecule has 20 heavy (non-hydrogen) atoms. The average molecular weight is 278 g/mol. The summed E-state index contributed by atoms with van der Waals surface area (Å²) in [6, 6.07) is 7.96. The minimum Gasteiger partial charge on any atom is -0.492 e. The van der Waals surface area contributed by atoms with Crippen LogP contribution >= 0.6 is 0 Å². The smallest absolute Gasteiger partial charge is 0.234 e. The molecule has 4 heteroatoms. The van der Waals surface area contributed by atoms with Crippen molar-refractivity contribution in [3.05, 3.63) is 29.8 Å². The van der Waals surface area contributed by atoms with Gasteiger partial charge < -0.3 is 10.1 Å². The molecule has 1 aromatic rings. The quantitative estimate of drug-likeness (QED) is 0.867. The number of ether oxygens (including phenoxy) is 1. The number of amides is 1. The first-order valence-corrected chi connectivity index (χ1v) is 6.95. The molecule has 0 saturated heterocycles. The summed E-state index contributed by atoms with van der Waals surface area (Å²) < 4.78 is 5.67. The van der Waals surface area contributed by atoms with Gasteiger partial charge in [-0.25, -0.2) is 0 Å². The van der Waals surface area contributed by atoms with Crippen LogP contribution in [0.25, 0.3) is 0 Å². The molecule has 1 aromatic carbocycles. The molecule has 0 heterocycles. The van der Waals surface area contributed by atoms with E-state index in [1.54, 1.807) is 0 Å². The molecular formula is C16H26N2O2. The Bertz CT molecular complexity index is 438. The number of nitrogens with one attached hydrogen (secondary N) is 1. The molecule has 1 amide bonds. The van der Waals surface area contributed by atoms with E-state index in [9.17, 15) is 4.79 Å². The van der Waals surface area contributed by atoms with Gasteiger partial charge >= 0.3 is 0 Å². The minimum absolute atomic E-state index is 0.0376. The van der Waals surface area contributed by atoms with Crippen molar-refractivity contribution in [2.45, 2.75) is 33.2 Å². The van der Waals surface area contributed by atoms with E-state index in [2.05, 4.69) is 5.32 Å². The van der Waals surface area contributed by atoms with Gasteiger partial charge in [-0.2, -0.15) is 0 Å². The molecule has 0 atom stereocenters. The van der Waals surface area contributed by atoms with Crippen LogP contribution in [0.5, 0.6) is 5.75 Å². The SMILES string of the molecule is Cc1cccc(OCCN(C)CC(=O)NC(C)(C)C)c1. The Kier molecular flexibility index (Phi) is 6.02. The summed E-state index contributed by atoms with van der Waals surface area (Å²) in [5, 5.41) is 2.94. The van der Waals surface area contributed by atoms with Crippen LogP contribution in [0, 0.1) is 6.92 Å². The monoisotopic (exact) mass is 278 g/mol. The second-order valence-corrected chi connectivity index (χ2v) is 6.20. The maximum Gasteiger partial charge on any atom is 0.234 e. The van der Waals surface area contributed by atoms with Gasteiger partial charge in [-0.3, -0.25) is 9.69 Å². The Morgan fingerprint density at radius 1 is 1.35 bits per heavy atom. The van der Waals surface area contributed by atoms with E-state index >= 15 is 0 Å². The molecule has 0 radical (unpaired) electrons. The van der Waals surface area contributed by atoms with Gasteiger partial charge in [0.2, 0.25) is 5.91 Å². The van der Waals surface area contributed by atoms with Crippen LogP contribution in [0.4, 0.5) is 0 Å². The Hall–Kier alpha value is -1.55. The highest BCUT2D eigenvalue weighted by molar-refractivity contribution is 5.78. The number of hydrogen-bond acceptors (Lipinski definition) is 3. The van der Waals surface area contributed by atoms with E-state index < -0.39 is 0 Å². The lowest BCUT2D eigenvalue weighted by Crippen LogP contribution is -2.45. The zero-order chi connectivity index (χ0) is 15.2. The van der Waals surface area contributed by atoms with E-state index in [4.69, 9.17) is 4.74 Å². The lowest BCUT2D eigenvalue weighted by molar-refractivity contribution is -0.123. The Labute approximate surface area is 122 Å². The predicted octanol–water partition coefficient (Wildman–Crippen LogP) is 2.22. The predicted molar refractivity (Wildman–Crippen MR) is 82.1 cm³/mol. The summed E-state index contributed by atoms with van der Waals surface area (Å²) in [5.41, 5.74) is 0.996. The molecule has 1 rings (SSSR count). The first-order chi connectivity index (χ1) is 9.26. The highest BCUT2D eigenvalue weighted by atomic mass is 16.5. The number of nitrogens with zero attached hydrogens (tertiary/aromatic N) is 1. The normalized spacial score (nSPS) is 11.5. The third kappa shape index (κ3) is 7.14. The zero-order valence-electron chi connectivity index (χ0n) is 13.2. The first kappa shape index (κ1) is 16.5. The van der Waals surface area contributed by atoms with Gasteiger partial charge in [0, 0.05) is 12.1 Å². The fourth-order valence-electron chi connectivity index (χ4n) is 1.81. The van der Waals surface area contributed by atoms with Crippen molar-refractivity contribution in [2.75, 3.05) is 26.7 Å². The van der Waals surface area contributed by atoms with E-state index in [0.717, 1.165) is 5.75 Å². The summed E-state index contributed by atoms with van der Waals surface area (Å²) in [6.07, 6.45) is 0. The summed E-state index contributed by atoms with van der Waals surface area (Å²) in [7, 11) is 1.92. The molecule has 0 aromatic heterocycles. The summed E-state index contributed by atoms with van der Waals surface area (Å²) in [4.78, 5) is 13.7. The zero-order valence-corrected chi connectivity index (χ0v) is 13.2. The number of aryl methyl sites for hydroxylation is 1. The lowest BCUT2D eigenvalue weighted by Gasteiger charge is -2.23. The highest BCUT2D eigenvalue weighted by Crippen LogP contribution is 2.11. The highest BCUT2D eigenvalue weighted by Gasteiger charge is 2.14. The number of rotatable bonds is 6. The second kappa shape index (κ2) is 7.29. The van der Waals surface area contributed by atoms with Crippen LogP contribution in [0.2, 0.25) is 0 Å². The van der Waals surface area contributed by atoms with Gasteiger partial charge in [0.1, 0.15) is 12.4 Å². The molecule has 4 nitrogen and oxygen atoms in total. The van der Waals surface area contributed by atoms with Crippen LogP contribution in [0.1, 0.15) is 26.3 Å². The Morgan fingerprint density at radius 2 is 2.05 bits per heavy atom. The van der Waals surface area contributed by atoms with Gasteiger partial charge in [-0.1, -0.05) is 12.1 Å². The third-order valence-electron chi connectivity index (χ3n) is 2.66. The molecule has 0 unspecified atom stereocenters. The fraction of sp³-hybridized carbons (Fsp3) is 0.562. The van der Waals surface area contributed by atoms with Gasteiger partial charge in [0.05, 0.1) is 6.54 Å². The number of carbonyl (C=O) groups excluding carboxylic acids is 1. The second-order valence-electron chi connectivity index (χ2n) is 6.20. The van der Waals surface area contributed by atoms with E-state index in [-0.39, 0.29) is 11.4 Å². The van der Waals surface area contributed by atoms with Gasteiger partial charge in [-0.15, -0.1) is 0 Å². The molecule has 0 fully saturated rings. The van der Waals surface area contributed by atoms with Gasteiger partial charge in [0.15, 0.2) is 0 Å². The number of likely N-dealkylation sites (N-methyl/N-ethyl adjacent to an activating group) is 1. The van der Waals surface area contributed by atoms with Crippen molar-refractivity contribution < 1.29 is 9.53 Å². The van der Waals surface area contributed by atoms with Crippen molar-refractivity contribution in [1.82, 2.24) is 10.2 Å². The van der Waals surface area contributed by atoms with Crippen molar-refractivity contribution in [3.8, 4) is 5.75 Å². The molecule has 0 saturated carbocycles. The van der Waals surface area contributed by atoms with E-state index in [1.165, 1.54) is 5.56 Å². The van der Waals surface area contributed by atoms with Crippen LogP contribution in [0.3, 0.4) is 0 Å². The third-order valence-corrected chi connectivity index (χ3v) is 2.66. The van der Waals surface area contributed by atoms with Crippen LogP contribution < -0.4 is 10.1 Å². The lowest BCUT2D eigenvalue weighted by atomic mass is 10.1. The average Bonchev–Trinajstić information content (AvgIpc) is 2.25. The number of hydrogen-bond donors (Lipinski definition) is 1. The standard InChI is InChI=1S/C16H26N2O2/c1-13-7-6-8-14(11-13)20-10-9-18(5)12-15(19)17-16(2,3)4/h6-8,11H,9-10,12H2,1-5H3,(H,17,19). The summed E-state index contributed by atoms with van der Waals surface area (Å²) in [6.45, 7) is 9.64. The van der Waals surface area contributed by atoms with Crippen LogP contribution in [-0.2, 0) is 4.79 Å². The largest absolute Gasteiger partial charge is 0.492 e. The minimum atomic E-state index is -0.185. The van der Waals surface area contributed by atoms with Gasteiger partial charge in [0.25, 0.3) is 0 Å². The molecule has 0 aliphatic heterocycles. The van der Waals surface area contributed by atoms with Crippen molar-refractivity contribution in [3.63, 3.8) is 0 Å². The summed E-state index contributed by atoms with van der Waals surface area (Å²) in [5.74, 6) is 0.910. The van der Waals surface area contributed by atoms with Crippen molar-refractivity contribution in [1.29, 1.82) is 0 Å². The van der Waals surface area contributed by atoms with E-state index in [1.807, 2.05) is 63.9 Å². The Morgan fingerprint density at radius 3 is 2.65 bits per heavy atom. The molecule has 0 bridgehead atoms. The fourth-order valence-corrected chi connectivity index (χ4v) is 1.81. The van der Waals surface area contributed by atoms with E-state index in [0.29, 0.717) is 19.7 Å². The van der Waals surface area contributed by atoms with Crippen molar-refractivity contribution >= 4 is 5.91 Å². The van der Waals surface area contributed by atoms with Crippen molar-refractivity contribution in [2.24, 2.45) is 0 Å². The maximum absolute atomic E-state index is 11.8. The molecule has 0 aliphatic carbocycles. The first-order valence-electron chi connectivity index (χ1n) is 6.95. The molecule has 1 N–H and O–H groups in total. The molecule has 0 aliphatic rings. The van der Waals surface area contributed by atoms with Crippen LogP contribution in [0.15, 0.2) is 24.3 Å². The molecule has 112 valence electrons. The van der Waals surface area contributed by atoms with Gasteiger partial charge in [-0.05, 0) is 52.4 Å². The summed E-state index contributed by atoms with van der Waals surface area (Å²) >= 11 is 0. The molecule has 0 spiro atoms.